The molecule has 0 saturated heterocycles. The molecule has 0 unspecified atom stereocenters. The fraction of sp³-hybridized carbons (Fsp3) is 0.286. The van der Waals surface area contributed by atoms with Crippen molar-refractivity contribution in [3.05, 3.63) is 59.7 Å². The standard InChI is InChI=1S/C21H24N4O3/c1-14(26)25(2)13-15-5-3-7-18(11-15)22-20(27)16-6-4-8-19(12-16)24-21(28)23-17-9-10-17/h3-8,11-12,17H,9-10,13H2,1-2H3,(H,22,27)(H2,23,24,28). The van der Waals surface area contributed by atoms with Gasteiger partial charge in [0.2, 0.25) is 5.91 Å². The Kier molecular flexibility index (Phi) is 5.93. The van der Waals surface area contributed by atoms with E-state index in [0.717, 1.165) is 18.4 Å². The average molecular weight is 380 g/mol. The molecule has 1 aliphatic carbocycles. The van der Waals surface area contributed by atoms with Crippen molar-refractivity contribution in [3.8, 4) is 0 Å². The third kappa shape index (κ3) is 5.57. The van der Waals surface area contributed by atoms with E-state index in [-0.39, 0.29) is 23.9 Å². The second-order valence-electron chi connectivity index (χ2n) is 6.98. The summed E-state index contributed by atoms with van der Waals surface area (Å²) in [5.74, 6) is -0.298. The molecule has 2 aromatic rings. The summed E-state index contributed by atoms with van der Waals surface area (Å²) in [7, 11) is 1.73. The van der Waals surface area contributed by atoms with Gasteiger partial charge in [-0.1, -0.05) is 18.2 Å². The molecule has 1 saturated carbocycles. The number of carbonyl (C=O) groups excluding carboxylic acids is 3. The lowest BCUT2D eigenvalue weighted by atomic mass is 10.1. The highest BCUT2D eigenvalue weighted by atomic mass is 16.2. The maximum Gasteiger partial charge on any atom is 0.319 e. The predicted octanol–water partition coefficient (Wildman–Crippen LogP) is 3.20. The summed E-state index contributed by atoms with van der Waals surface area (Å²) in [4.78, 5) is 37.4. The summed E-state index contributed by atoms with van der Waals surface area (Å²) in [5, 5.41) is 8.44. The van der Waals surface area contributed by atoms with Crippen LogP contribution in [0.2, 0.25) is 0 Å². The monoisotopic (exact) mass is 380 g/mol. The highest BCUT2D eigenvalue weighted by Crippen LogP contribution is 2.19. The highest BCUT2D eigenvalue weighted by molar-refractivity contribution is 6.05. The zero-order valence-electron chi connectivity index (χ0n) is 16.0. The summed E-state index contributed by atoms with van der Waals surface area (Å²) in [6.45, 7) is 1.98. The molecule has 0 radical (unpaired) electrons. The first-order chi connectivity index (χ1) is 13.4. The summed E-state index contributed by atoms with van der Waals surface area (Å²) in [6, 6.07) is 14.1. The molecule has 1 aliphatic rings. The molecule has 0 aromatic heterocycles. The van der Waals surface area contributed by atoms with E-state index in [1.807, 2.05) is 18.2 Å². The molecule has 3 rings (SSSR count). The summed E-state index contributed by atoms with van der Waals surface area (Å²) in [6.07, 6.45) is 2.02. The Bertz CT molecular complexity index is 893. The maximum absolute atomic E-state index is 12.6. The molecule has 0 spiro atoms. The van der Waals surface area contributed by atoms with Gasteiger partial charge in [0.1, 0.15) is 0 Å². The number of benzene rings is 2. The lowest BCUT2D eigenvalue weighted by molar-refractivity contribution is -0.128. The van der Waals surface area contributed by atoms with Crippen LogP contribution in [0, 0.1) is 0 Å². The molecule has 0 bridgehead atoms. The van der Waals surface area contributed by atoms with Gasteiger partial charge < -0.3 is 20.9 Å². The first-order valence-electron chi connectivity index (χ1n) is 9.20. The van der Waals surface area contributed by atoms with E-state index in [4.69, 9.17) is 0 Å². The van der Waals surface area contributed by atoms with Crippen molar-refractivity contribution in [2.45, 2.75) is 32.4 Å². The van der Waals surface area contributed by atoms with Crippen LogP contribution in [0.3, 0.4) is 0 Å². The van der Waals surface area contributed by atoms with Gasteiger partial charge in [-0.2, -0.15) is 0 Å². The van der Waals surface area contributed by atoms with Crippen LogP contribution in [0.4, 0.5) is 16.2 Å². The van der Waals surface area contributed by atoms with Crippen LogP contribution >= 0.6 is 0 Å². The van der Waals surface area contributed by atoms with Crippen LogP contribution < -0.4 is 16.0 Å². The van der Waals surface area contributed by atoms with Crippen molar-refractivity contribution in [1.82, 2.24) is 10.2 Å². The Morgan fingerprint density at radius 2 is 1.68 bits per heavy atom. The number of urea groups is 1. The molecule has 3 N–H and O–H groups in total. The zero-order chi connectivity index (χ0) is 20.1. The molecule has 0 atom stereocenters. The average Bonchev–Trinajstić information content (AvgIpc) is 3.46. The Labute approximate surface area is 164 Å². The van der Waals surface area contributed by atoms with Gasteiger partial charge >= 0.3 is 6.03 Å². The summed E-state index contributed by atoms with van der Waals surface area (Å²) >= 11 is 0. The number of hydrogen-bond donors (Lipinski definition) is 3. The van der Waals surface area contributed by atoms with E-state index in [0.29, 0.717) is 23.5 Å². The van der Waals surface area contributed by atoms with Crippen molar-refractivity contribution >= 4 is 29.2 Å². The quantitative estimate of drug-likeness (QED) is 0.719. The first kappa shape index (κ1) is 19.4. The van der Waals surface area contributed by atoms with E-state index >= 15 is 0 Å². The Morgan fingerprint density at radius 3 is 2.36 bits per heavy atom. The van der Waals surface area contributed by atoms with Gasteiger partial charge in [-0.15, -0.1) is 0 Å². The molecule has 4 amide bonds. The third-order valence-corrected chi connectivity index (χ3v) is 4.44. The predicted molar refractivity (Wildman–Crippen MR) is 108 cm³/mol. The van der Waals surface area contributed by atoms with Crippen LogP contribution in [0.1, 0.15) is 35.7 Å². The number of amides is 4. The van der Waals surface area contributed by atoms with E-state index in [2.05, 4.69) is 16.0 Å². The first-order valence-corrected chi connectivity index (χ1v) is 9.20. The topological polar surface area (TPSA) is 90.5 Å². The second kappa shape index (κ2) is 8.56. The van der Waals surface area contributed by atoms with Gasteiger partial charge in [0.05, 0.1) is 0 Å². The Morgan fingerprint density at radius 1 is 1.00 bits per heavy atom. The minimum atomic E-state index is -0.275. The summed E-state index contributed by atoms with van der Waals surface area (Å²) < 4.78 is 0. The molecule has 28 heavy (non-hydrogen) atoms. The van der Waals surface area contributed by atoms with Crippen molar-refractivity contribution in [2.24, 2.45) is 0 Å². The van der Waals surface area contributed by atoms with Crippen LogP contribution in [-0.2, 0) is 11.3 Å². The molecular formula is C21H24N4O3. The molecule has 7 nitrogen and oxygen atoms in total. The van der Waals surface area contributed by atoms with Crippen molar-refractivity contribution < 1.29 is 14.4 Å². The molecule has 0 aliphatic heterocycles. The number of rotatable bonds is 6. The number of hydrogen-bond acceptors (Lipinski definition) is 3. The molecule has 7 heteroatoms. The van der Waals surface area contributed by atoms with Crippen LogP contribution in [0.25, 0.3) is 0 Å². The van der Waals surface area contributed by atoms with Crippen LogP contribution in [0.5, 0.6) is 0 Å². The smallest absolute Gasteiger partial charge is 0.319 e. The lowest BCUT2D eigenvalue weighted by Crippen LogP contribution is -2.30. The molecule has 0 heterocycles. The number of nitrogens with zero attached hydrogens (tertiary/aromatic N) is 1. The van der Waals surface area contributed by atoms with Gasteiger partial charge in [-0.05, 0) is 48.7 Å². The second-order valence-corrected chi connectivity index (χ2v) is 6.98. The van der Waals surface area contributed by atoms with Crippen LogP contribution in [-0.4, -0.2) is 35.8 Å². The number of carbonyl (C=O) groups is 3. The van der Waals surface area contributed by atoms with Gasteiger partial charge in [-0.3, -0.25) is 9.59 Å². The van der Waals surface area contributed by atoms with Gasteiger partial charge in [0, 0.05) is 43.5 Å². The van der Waals surface area contributed by atoms with Crippen LogP contribution in [0.15, 0.2) is 48.5 Å². The summed E-state index contributed by atoms with van der Waals surface area (Å²) in [5.41, 5.74) is 2.56. The number of nitrogens with one attached hydrogen (secondary N) is 3. The Hall–Kier alpha value is -3.35. The molecule has 1 fully saturated rings. The normalized spacial score (nSPS) is 12.8. The zero-order valence-corrected chi connectivity index (χ0v) is 16.0. The van der Waals surface area contributed by atoms with Gasteiger partial charge in [0.25, 0.3) is 5.91 Å². The van der Waals surface area contributed by atoms with Crippen molar-refractivity contribution in [1.29, 1.82) is 0 Å². The highest BCUT2D eigenvalue weighted by Gasteiger charge is 2.23. The molecular weight excluding hydrogens is 356 g/mol. The van der Waals surface area contributed by atoms with Gasteiger partial charge in [-0.25, -0.2) is 4.79 Å². The van der Waals surface area contributed by atoms with Crippen molar-refractivity contribution in [3.63, 3.8) is 0 Å². The fourth-order valence-corrected chi connectivity index (χ4v) is 2.65. The molecule has 2 aromatic carbocycles. The fourth-order valence-electron chi connectivity index (χ4n) is 2.65. The maximum atomic E-state index is 12.6. The van der Waals surface area contributed by atoms with E-state index in [1.54, 1.807) is 42.3 Å². The largest absolute Gasteiger partial charge is 0.342 e. The minimum absolute atomic E-state index is 0.0236. The van der Waals surface area contributed by atoms with E-state index < -0.39 is 0 Å². The Balaban J connectivity index is 1.63. The minimum Gasteiger partial charge on any atom is -0.342 e. The van der Waals surface area contributed by atoms with E-state index in [1.165, 1.54) is 6.92 Å². The van der Waals surface area contributed by atoms with Crippen molar-refractivity contribution in [2.75, 3.05) is 17.7 Å². The SMILES string of the molecule is CC(=O)N(C)Cc1cccc(NC(=O)c2cccc(NC(=O)NC3CC3)c2)c1. The third-order valence-electron chi connectivity index (χ3n) is 4.44. The lowest BCUT2D eigenvalue weighted by Gasteiger charge is -2.15. The van der Waals surface area contributed by atoms with Gasteiger partial charge in [0.15, 0.2) is 0 Å². The van der Waals surface area contributed by atoms with E-state index in [9.17, 15) is 14.4 Å². The molecule has 146 valence electrons. The number of anilines is 2.